The Bertz CT molecular complexity index is 711. The van der Waals surface area contributed by atoms with Gasteiger partial charge in [0.1, 0.15) is 36.8 Å². The number of carbonyl (C=O) groups excluding carboxylic acids is 1. The van der Waals surface area contributed by atoms with Gasteiger partial charge in [0.2, 0.25) is 0 Å². The van der Waals surface area contributed by atoms with Gasteiger partial charge in [-0.3, -0.25) is 5.04 Å². The highest BCUT2D eigenvalue weighted by Gasteiger charge is 2.43. The number of ether oxygens (including phenoxy) is 2. The highest BCUT2D eigenvalue weighted by atomic mass is 32.2. The molecular weight excluding hydrogens is 350 g/mol. The summed E-state index contributed by atoms with van der Waals surface area (Å²) in [6.45, 7) is -0.650. The second-order valence-corrected chi connectivity index (χ2v) is 5.16. The highest BCUT2D eigenvalue weighted by Crippen LogP contribution is 2.32. The average Bonchev–Trinajstić information content (AvgIpc) is 2.57. The Balaban J connectivity index is 1.89. The van der Waals surface area contributed by atoms with Gasteiger partial charge in [0, 0.05) is 10.8 Å². The van der Waals surface area contributed by atoms with Crippen LogP contribution < -0.4 is 9.99 Å². The topological polar surface area (TPSA) is 97.3 Å². The van der Waals surface area contributed by atoms with Crippen LogP contribution in [0.1, 0.15) is 0 Å². The number of fused-ring (bicyclic) bond motifs is 1. The number of hydrogen-bond acceptors (Lipinski definition) is 8. The van der Waals surface area contributed by atoms with Gasteiger partial charge in [0.05, 0.1) is 0 Å². The number of halogens is 2. The Kier molecular flexibility index (Phi) is 6.15. The van der Waals surface area contributed by atoms with Crippen LogP contribution in [0.25, 0.3) is 10.8 Å². The monoisotopic (exact) mass is 361 g/mol. The third-order valence-corrected chi connectivity index (χ3v) is 3.34. The van der Waals surface area contributed by atoms with Crippen LogP contribution in [0.2, 0.25) is 0 Å². The number of phenols is 1. The zero-order valence-electron chi connectivity index (χ0n) is 11.9. The molecule has 1 N–H and O–H groups in total. The minimum Gasteiger partial charge on any atom is -0.691 e. The molecule has 0 atom stereocenters. The fourth-order valence-corrected chi connectivity index (χ4v) is 2.09. The fraction of sp³-hybridized carbons (Fsp3) is 0.214. The van der Waals surface area contributed by atoms with Gasteiger partial charge in [-0.1, -0.05) is 24.3 Å². The molecule has 0 spiro atoms. The van der Waals surface area contributed by atoms with Gasteiger partial charge in [-0.05, 0) is 12.1 Å². The summed E-state index contributed by atoms with van der Waals surface area (Å²) in [5.74, 6) is -1.44. The quantitative estimate of drug-likeness (QED) is 0.250. The van der Waals surface area contributed by atoms with E-state index in [4.69, 9.17) is 4.74 Å². The van der Waals surface area contributed by atoms with Crippen LogP contribution in [0.15, 0.2) is 36.4 Å². The molecule has 0 amide bonds. The summed E-state index contributed by atoms with van der Waals surface area (Å²) >= 11 is -0.766. The maximum Gasteiger partial charge on any atom is 0.415 e. The van der Waals surface area contributed by atoms with E-state index in [0.717, 1.165) is 0 Å². The SMILES string of the molecule is O=C(OCCOc1cccc2c(O)cccc12)C(F)(F)SOO[O-]. The van der Waals surface area contributed by atoms with Crippen LogP contribution in [0.5, 0.6) is 11.5 Å². The third-order valence-electron chi connectivity index (χ3n) is 2.84. The van der Waals surface area contributed by atoms with E-state index >= 15 is 0 Å². The van der Waals surface area contributed by atoms with E-state index in [-0.39, 0.29) is 12.4 Å². The van der Waals surface area contributed by atoms with Crippen molar-refractivity contribution in [3.8, 4) is 11.5 Å². The number of phenolic OH excluding ortho intramolecular Hbond substituents is 1. The first-order valence-electron chi connectivity index (χ1n) is 6.48. The first kappa shape index (κ1) is 18.2. The summed E-state index contributed by atoms with van der Waals surface area (Å²) < 4.78 is 39.3. The molecule has 0 radical (unpaired) electrons. The van der Waals surface area contributed by atoms with E-state index < -0.39 is 29.9 Å². The summed E-state index contributed by atoms with van der Waals surface area (Å²) in [5.41, 5.74) is 0. The van der Waals surface area contributed by atoms with Crippen LogP contribution in [-0.4, -0.2) is 29.5 Å². The molecule has 7 nitrogen and oxygen atoms in total. The van der Waals surface area contributed by atoms with E-state index in [9.17, 15) is 23.9 Å². The molecule has 2 aromatic rings. The van der Waals surface area contributed by atoms with Crippen LogP contribution >= 0.6 is 12.0 Å². The molecule has 0 saturated carbocycles. The molecule has 2 rings (SSSR count). The van der Waals surface area contributed by atoms with E-state index in [1.807, 2.05) is 0 Å². The number of carbonyl (C=O) groups is 1. The lowest BCUT2D eigenvalue weighted by Crippen LogP contribution is -2.29. The van der Waals surface area contributed by atoms with Crippen molar-refractivity contribution in [1.82, 2.24) is 0 Å². The normalized spacial score (nSPS) is 11.5. The Morgan fingerprint density at radius 3 is 2.62 bits per heavy atom. The molecule has 0 bridgehead atoms. The lowest BCUT2D eigenvalue weighted by Gasteiger charge is -2.14. The second kappa shape index (κ2) is 8.11. The standard InChI is InChI=1S/C14H12F2O7S/c15-14(16,24-23-22-19)13(18)21-8-7-20-12-6-2-3-9-10(12)4-1-5-11(9)17/h1-6,17,19H,7-8H2/p-1. The lowest BCUT2D eigenvalue weighted by molar-refractivity contribution is -0.777. The van der Waals surface area contributed by atoms with Crippen molar-refractivity contribution in [2.45, 2.75) is 5.25 Å². The molecule has 0 aliphatic heterocycles. The third kappa shape index (κ3) is 4.45. The molecule has 0 heterocycles. The van der Waals surface area contributed by atoms with Gasteiger partial charge >= 0.3 is 11.2 Å². The summed E-state index contributed by atoms with van der Waals surface area (Å²) in [7, 11) is 0. The second-order valence-electron chi connectivity index (χ2n) is 4.35. The zero-order valence-corrected chi connectivity index (χ0v) is 12.8. The van der Waals surface area contributed by atoms with Gasteiger partial charge in [0.15, 0.2) is 0 Å². The fourth-order valence-electron chi connectivity index (χ4n) is 1.85. The number of aromatic hydroxyl groups is 1. The summed E-state index contributed by atoms with van der Waals surface area (Å²) in [5, 5.41) is 19.1. The van der Waals surface area contributed by atoms with Crippen molar-refractivity contribution in [2.75, 3.05) is 13.2 Å². The first-order valence-corrected chi connectivity index (χ1v) is 7.23. The molecule has 0 fully saturated rings. The highest BCUT2D eigenvalue weighted by molar-refractivity contribution is 7.96. The average molecular weight is 361 g/mol. The predicted molar refractivity (Wildman–Crippen MR) is 76.8 cm³/mol. The zero-order chi connectivity index (χ0) is 17.6. The van der Waals surface area contributed by atoms with Crippen LogP contribution in [0, 0.1) is 0 Å². The van der Waals surface area contributed by atoms with Crippen molar-refractivity contribution < 1.29 is 42.8 Å². The number of rotatable bonds is 8. The maximum atomic E-state index is 13.1. The van der Waals surface area contributed by atoms with Gasteiger partial charge < -0.3 is 19.8 Å². The number of esters is 1. The number of hydrogen-bond donors (Lipinski definition) is 1. The van der Waals surface area contributed by atoms with Crippen molar-refractivity contribution in [2.24, 2.45) is 0 Å². The summed E-state index contributed by atoms with van der Waals surface area (Å²) in [6.07, 6.45) is 0. The molecule has 24 heavy (non-hydrogen) atoms. The molecule has 2 aromatic carbocycles. The smallest absolute Gasteiger partial charge is 0.415 e. The maximum absolute atomic E-state index is 13.1. The number of benzene rings is 2. The lowest BCUT2D eigenvalue weighted by atomic mass is 10.1. The van der Waals surface area contributed by atoms with Gasteiger partial charge in [-0.2, -0.15) is 13.1 Å². The minimum atomic E-state index is -4.09. The predicted octanol–water partition coefficient (Wildman–Crippen LogP) is 1.93. The van der Waals surface area contributed by atoms with Crippen molar-refractivity contribution in [3.05, 3.63) is 36.4 Å². The van der Waals surface area contributed by atoms with Crippen LogP contribution in [0.4, 0.5) is 8.78 Å². The van der Waals surface area contributed by atoms with Crippen molar-refractivity contribution in [3.63, 3.8) is 0 Å². The molecule has 0 aliphatic rings. The van der Waals surface area contributed by atoms with Crippen molar-refractivity contribution in [1.29, 1.82) is 0 Å². The van der Waals surface area contributed by atoms with Gasteiger partial charge in [-0.25, -0.2) is 4.79 Å². The Morgan fingerprint density at radius 2 is 1.88 bits per heavy atom. The van der Waals surface area contributed by atoms with Gasteiger partial charge in [-0.15, -0.1) is 0 Å². The van der Waals surface area contributed by atoms with Crippen LogP contribution in [-0.2, 0) is 18.9 Å². The van der Waals surface area contributed by atoms with Gasteiger partial charge in [0.25, 0.3) is 0 Å². The van der Waals surface area contributed by atoms with E-state index in [1.54, 1.807) is 30.3 Å². The molecule has 10 heteroatoms. The molecular formula is C14H11F2O7S-. The Hall–Kier alpha value is -2.14. The van der Waals surface area contributed by atoms with Crippen LogP contribution in [0.3, 0.4) is 0 Å². The van der Waals surface area contributed by atoms with Crippen molar-refractivity contribution >= 4 is 28.8 Å². The first-order chi connectivity index (χ1) is 11.5. The minimum absolute atomic E-state index is 0.0710. The Labute approximate surface area is 138 Å². The molecule has 0 saturated heterocycles. The summed E-state index contributed by atoms with van der Waals surface area (Å²) in [4.78, 5) is 11.1. The van der Waals surface area contributed by atoms with E-state index in [1.165, 1.54) is 6.07 Å². The molecule has 0 aliphatic carbocycles. The number of alkyl halides is 2. The molecule has 0 aromatic heterocycles. The Morgan fingerprint density at radius 1 is 1.17 bits per heavy atom. The molecule has 0 unspecified atom stereocenters. The van der Waals surface area contributed by atoms with E-state index in [0.29, 0.717) is 16.5 Å². The summed E-state index contributed by atoms with van der Waals surface area (Å²) in [6, 6.07) is 9.80. The van der Waals surface area contributed by atoms with E-state index in [2.05, 4.69) is 14.1 Å². The molecule has 130 valence electrons. The largest absolute Gasteiger partial charge is 0.691 e.